The minimum atomic E-state index is -0.538. The summed E-state index contributed by atoms with van der Waals surface area (Å²) in [5, 5.41) is 11.1. The molecule has 0 aromatic heterocycles. The Hall–Kier alpha value is -3.13. The standard InChI is InChI=1S/C19H19NO7/c1-2-7-25-17-5-3-13(4-6-17)19(21)26-11-15-9-16(20(22)23)8-14-10-24-12-27-18(14)15/h3-6,8-9H,2,7,10-12H2,1H3. The van der Waals surface area contributed by atoms with Crippen molar-refractivity contribution < 1.29 is 28.7 Å². The predicted octanol–water partition coefficient (Wildman–Crippen LogP) is 3.61. The molecule has 1 aliphatic heterocycles. The third kappa shape index (κ3) is 4.53. The Labute approximate surface area is 155 Å². The van der Waals surface area contributed by atoms with E-state index in [1.165, 1.54) is 12.1 Å². The van der Waals surface area contributed by atoms with Crippen LogP contribution in [0.5, 0.6) is 11.5 Å². The smallest absolute Gasteiger partial charge is 0.338 e. The Morgan fingerprint density at radius 3 is 2.74 bits per heavy atom. The highest BCUT2D eigenvalue weighted by Crippen LogP contribution is 2.33. The number of ether oxygens (including phenoxy) is 4. The summed E-state index contributed by atoms with van der Waals surface area (Å²) in [5.74, 6) is 0.599. The van der Waals surface area contributed by atoms with Gasteiger partial charge in [-0.05, 0) is 30.7 Å². The van der Waals surface area contributed by atoms with Gasteiger partial charge in [0.05, 0.1) is 23.7 Å². The lowest BCUT2D eigenvalue weighted by atomic mass is 10.1. The monoisotopic (exact) mass is 373 g/mol. The molecule has 2 aromatic rings. The summed E-state index contributed by atoms with van der Waals surface area (Å²) in [5.41, 5.74) is 1.24. The summed E-state index contributed by atoms with van der Waals surface area (Å²) < 4.78 is 21.4. The minimum Gasteiger partial charge on any atom is -0.494 e. The van der Waals surface area contributed by atoms with Crippen molar-refractivity contribution >= 4 is 11.7 Å². The zero-order valence-corrected chi connectivity index (χ0v) is 14.8. The number of hydrogen-bond acceptors (Lipinski definition) is 7. The van der Waals surface area contributed by atoms with E-state index in [2.05, 4.69) is 0 Å². The lowest BCUT2D eigenvalue weighted by molar-refractivity contribution is -0.385. The summed E-state index contributed by atoms with van der Waals surface area (Å²) in [6.07, 6.45) is 0.893. The molecule has 3 rings (SSSR count). The molecule has 0 saturated heterocycles. The van der Waals surface area contributed by atoms with E-state index in [0.717, 1.165) is 6.42 Å². The Bertz CT molecular complexity index is 833. The van der Waals surface area contributed by atoms with Gasteiger partial charge in [0, 0.05) is 23.3 Å². The Morgan fingerprint density at radius 2 is 2.04 bits per heavy atom. The van der Waals surface area contributed by atoms with Crippen LogP contribution in [0.25, 0.3) is 0 Å². The molecule has 0 spiro atoms. The number of hydrogen-bond donors (Lipinski definition) is 0. The summed E-state index contributed by atoms with van der Waals surface area (Å²) in [6.45, 7) is 2.72. The van der Waals surface area contributed by atoms with Crippen molar-refractivity contribution in [3.8, 4) is 11.5 Å². The van der Waals surface area contributed by atoms with Gasteiger partial charge in [-0.1, -0.05) is 6.92 Å². The maximum Gasteiger partial charge on any atom is 0.338 e. The Kier molecular flexibility index (Phi) is 5.87. The van der Waals surface area contributed by atoms with E-state index in [1.54, 1.807) is 24.3 Å². The quantitative estimate of drug-likeness (QED) is 0.415. The highest BCUT2D eigenvalue weighted by molar-refractivity contribution is 5.89. The van der Waals surface area contributed by atoms with Crippen LogP contribution in [0.3, 0.4) is 0 Å². The highest BCUT2D eigenvalue weighted by Gasteiger charge is 2.22. The molecule has 0 amide bonds. The highest BCUT2D eigenvalue weighted by atomic mass is 16.7. The van der Waals surface area contributed by atoms with Crippen molar-refractivity contribution in [2.45, 2.75) is 26.6 Å². The molecule has 0 N–H and O–H groups in total. The van der Waals surface area contributed by atoms with Crippen LogP contribution in [0, 0.1) is 10.1 Å². The second-order valence-corrected chi connectivity index (χ2v) is 5.91. The van der Waals surface area contributed by atoms with Crippen LogP contribution in [0.15, 0.2) is 36.4 Å². The molecule has 2 aromatic carbocycles. The molecule has 0 aliphatic carbocycles. The van der Waals surface area contributed by atoms with E-state index in [0.29, 0.717) is 34.8 Å². The van der Waals surface area contributed by atoms with Gasteiger partial charge in [-0.25, -0.2) is 4.79 Å². The van der Waals surface area contributed by atoms with E-state index < -0.39 is 10.9 Å². The number of nitro benzene ring substituents is 1. The number of non-ortho nitro benzene ring substituents is 1. The molecule has 8 heteroatoms. The number of carbonyl (C=O) groups is 1. The Balaban J connectivity index is 1.71. The van der Waals surface area contributed by atoms with Gasteiger partial charge in [0.2, 0.25) is 0 Å². The summed E-state index contributed by atoms with van der Waals surface area (Å²) in [6, 6.07) is 9.36. The lowest BCUT2D eigenvalue weighted by Gasteiger charge is -2.20. The fraction of sp³-hybridized carbons (Fsp3) is 0.316. The van der Waals surface area contributed by atoms with Crippen LogP contribution in [0.1, 0.15) is 34.8 Å². The van der Waals surface area contributed by atoms with Gasteiger partial charge in [-0.3, -0.25) is 10.1 Å². The largest absolute Gasteiger partial charge is 0.494 e. The van der Waals surface area contributed by atoms with Crippen LogP contribution in [-0.2, 0) is 22.7 Å². The molecule has 0 atom stereocenters. The lowest BCUT2D eigenvalue weighted by Crippen LogP contribution is -2.15. The molecule has 27 heavy (non-hydrogen) atoms. The van der Waals surface area contributed by atoms with Gasteiger partial charge in [-0.2, -0.15) is 0 Å². The van der Waals surface area contributed by atoms with Gasteiger partial charge in [0.15, 0.2) is 6.79 Å². The van der Waals surface area contributed by atoms with Crippen molar-refractivity contribution in [3.05, 3.63) is 63.2 Å². The first kappa shape index (κ1) is 18.7. The van der Waals surface area contributed by atoms with Crippen LogP contribution < -0.4 is 9.47 Å². The number of fused-ring (bicyclic) bond motifs is 1. The first-order valence-electron chi connectivity index (χ1n) is 8.49. The minimum absolute atomic E-state index is 0.0466. The normalized spacial score (nSPS) is 12.6. The summed E-state index contributed by atoms with van der Waals surface area (Å²) >= 11 is 0. The first-order chi connectivity index (χ1) is 13.1. The fourth-order valence-electron chi connectivity index (χ4n) is 2.63. The molecule has 0 saturated carbocycles. The third-order valence-corrected chi connectivity index (χ3v) is 3.90. The molecule has 0 bridgehead atoms. The molecule has 8 nitrogen and oxygen atoms in total. The number of carbonyl (C=O) groups excluding carboxylic acids is 1. The maximum atomic E-state index is 12.3. The Morgan fingerprint density at radius 1 is 1.26 bits per heavy atom. The molecule has 0 unspecified atom stereocenters. The third-order valence-electron chi connectivity index (χ3n) is 3.90. The molecule has 0 fully saturated rings. The number of nitro groups is 1. The van der Waals surface area contributed by atoms with Crippen LogP contribution in [0.2, 0.25) is 0 Å². The van der Waals surface area contributed by atoms with Crippen molar-refractivity contribution in [1.29, 1.82) is 0 Å². The zero-order chi connectivity index (χ0) is 19.2. The van der Waals surface area contributed by atoms with Crippen LogP contribution >= 0.6 is 0 Å². The van der Waals surface area contributed by atoms with Crippen molar-refractivity contribution in [3.63, 3.8) is 0 Å². The topological polar surface area (TPSA) is 97.1 Å². The molecule has 142 valence electrons. The van der Waals surface area contributed by atoms with Gasteiger partial charge in [0.25, 0.3) is 5.69 Å². The molecule has 1 heterocycles. The summed E-state index contributed by atoms with van der Waals surface area (Å²) in [7, 11) is 0. The van der Waals surface area contributed by atoms with E-state index in [4.69, 9.17) is 18.9 Å². The van der Waals surface area contributed by atoms with Crippen molar-refractivity contribution in [2.75, 3.05) is 13.4 Å². The number of esters is 1. The molecule has 1 aliphatic rings. The van der Waals surface area contributed by atoms with E-state index >= 15 is 0 Å². The second-order valence-electron chi connectivity index (χ2n) is 5.91. The average molecular weight is 373 g/mol. The van der Waals surface area contributed by atoms with Gasteiger partial charge in [0.1, 0.15) is 18.1 Å². The first-order valence-corrected chi connectivity index (χ1v) is 8.49. The second kappa shape index (κ2) is 8.50. The van der Waals surface area contributed by atoms with Crippen molar-refractivity contribution in [1.82, 2.24) is 0 Å². The number of rotatable bonds is 7. The van der Waals surface area contributed by atoms with E-state index in [1.807, 2.05) is 6.92 Å². The van der Waals surface area contributed by atoms with Gasteiger partial charge >= 0.3 is 5.97 Å². The van der Waals surface area contributed by atoms with Gasteiger partial charge in [-0.15, -0.1) is 0 Å². The molecular formula is C19H19NO7. The van der Waals surface area contributed by atoms with Crippen molar-refractivity contribution in [2.24, 2.45) is 0 Å². The van der Waals surface area contributed by atoms with E-state index in [9.17, 15) is 14.9 Å². The maximum absolute atomic E-state index is 12.3. The van der Waals surface area contributed by atoms with Gasteiger partial charge < -0.3 is 18.9 Å². The average Bonchev–Trinajstić information content (AvgIpc) is 2.70. The van der Waals surface area contributed by atoms with Crippen LogP contribution in [0.4, 0.5) is 5.69 Å². The SMILES string of the molecule is CCCOc1ccc(C(=O)OCc2cc([N+](=O)[O-])cc3c2OCOC3)cc1. The number of benzene rings is 2. The van der Waals surface area contributed by atoms with Crippen LogP contribution in [-0.4, -0.2) is 24.3 Å². The predicted molar refractivity (Wildman–Crippen MR) is 94.7 cm³/mol. The number of nitrogens with zero attached hydrogens (tertiary/aromatic N) is 1. The fourth-order valence-corrected chi connectivity index (χ4v) is 2.63. The summed E-state index contributed by atoms with van der Waals surface area (Å²) in [4.78, 5) is 22.9. The van der Waals surface area contributed by atoms with E-state index in [-0.39, 0.29) is 25.7 Å². The molecular weight excluding hydrogens is 354 g/mol. The zero-order valence-electron chi connectivity index (χ0n) is 14.8. The molecule has 0 radical (unpaired) electrons.